The van der Waals surface area contributed by atoms with Crippen LogP contribution in [0.1, 0.15) is 0 Å². The molecule has 0 saturated carbocycles. The van der Waals surface area contributed by atoms with Crippen molar-refractivity contribution in [3.63, 3.8) is 0 Å². The van der Waals surface area contributed by atoms with Crippen molar-refractivity contribution in [1.29, 1.82) is 0 Å². The van der Waals surface area contributed by atoms with E-state index in [0.29, 0.717) is 12.6 Å². The fourth-order valence-corrected chi connectivity index (χ4v) is 1.49. The zero-order valence-electron chi connectivity index (χ0n) is 8.51. The van der Waals surface area contributed by atoms with Crippen LogP contribution in [0.4, 0.5) is 0 Å². The van der Waals surface area contributed by atoms with Gasteiger partial charge in [0, 0.05) is 17.3 Å². The first-order valence-electron chi connectivity index (χ1n) is 4.73. The highest BCUT2D eigenvalue weighted by Gasteiger charge is 1.99. The van der Waals surface area contributed by atoms with E-state index in [1.54, 1.807) is 18.0 Å². The Balaban J connectivity index is 2.16. The molecule has 0 aliphatic heterocycles. The number of hydrogen-bond donors (Lipinski definition) is 0. The Labute approximate surface area is 92.9 Å². The molecule has 1 heterocycles. The van der Waals surface area contributed by atoms with Crippen molar-refractivity contribution in [2.75, 3.05) is 18.6 Å². The van der Waals surface area contributed by atoms with Crippen molar-refractivity contribution in [3.8, 4) is 6.01 Å². The fraction of sp³-hybridized carbons (Fsp3) is 0.273. The van der Waals surface area contributed by atoms with Gasteiger partial charge in [0.05, 0.1) is 5.52 Å². The molecule has 78 valence electrons. The number of nitrogens with zero attached hydrogens (tertiary/aromatic N) is 2. The number of aromatic nitrogens is 2. The van der Waals surface area contributed by atoms with Crippen LogP contribution in [0.5, 0.6) is 6.01 Å². The number of para-hydroxylation sites is 1. The molecular weight excluding hydrogens is 208 g/mol. The minimum absolute atomic E-state index is 0.461. The first-order chi connectivity index (χ1) is 7.40. The van der Waals surface area contributed by atoms with Gasteiger partial charge in [-0.05, 0) is 12.3 Å². The summed E-state index contributed by atoms with van der Waals surface area (Å²) in [6.07, 6.45) is 3.83. The molecule has 1 aromatic carbocycles. The zero-order valence-corrected chi connectivity index (χ0v) is 9.33. The summed E-state index contributed by atoms with van der Waals surface area (Å²) in [6, 6.07) is 8.34. The largest absolute Gasteiger partial charge is 0.463 e. The lowest BCUT2D eigenvalue weighted by molar-refractivity contribution is 0.317. The van der Waals surface area contributed by atoms with Crippen molar-refractivity contribution in [1.82, 2.24) is 9.97 Å². The third-order valence-corrected chi connectivity index (χ3v) is 2.56. The van der Waals surface area contributed by atoms with E-state index >= 15 is 0 Å². The number of thioether (sulfide) groups is 1. The number of ether oxygens (including phenoxy) is 1. The van der Waals surface area contributed by atoms with E-state index in [9.17, 15) is 0 Å². The molecule has 2 rings (SSSR count). The lowest BCUT2D eigenvalue weighted by atomic mass is 10.2. The van der Waals surface area contributed by atoms with E-state index in [4.69, 9.17) is 4.74 Å². The van der Waals surface area contributed by atoms with Crippen LogP contribution >= 0.6 is 11.8 Å². The van der Waals surface area contributed by atoms with Gasteiger partial charge in [0.15, 0.2) is 0 Å². The van der Waals surface area contributed by atoms with Crippen LogP contribution in [-0.2, 0) is 0 Å². The molecule has 0 radical (unpaired) electrons. The van der Waals surface area contributed by atoms with E-state index in [1.807, 2.05) is 30.5 Å². The van der Waals surface area contributed by atoms with Crippen molar-refractivity contribution in [3.05, 3.63) is 30.5 Å². The standard InChI is InChI=1S/C11H12N2OS/c1-15-7-6-14-11-12-8-9-4-2-3-5-10(9)13-11/h2-5,8H,6-7H2,1H3. The third kappa shape index (κ3) is 2.59. The second kappa shape index (κ2) is 4.98. The molecule has 3 nitrogen and oxygen atoms in total. The van der Waals surface area contributed by atoms with Gasteiger partial charge in [-0.2, -0.15) is 16.7 Å². The van der Waals surface area contributed by atoms with Crippen LogP contribution in [0.15, 0.2) is 30.5 Å². The summed E-state index contributed by atoms with van der Waals surface area (Å²) in [5.41, 5.74) is 0.923. The molecule has 0 N–H and O–H groups in total. The molecule has 0 fully saturated rings. The Bertz CT molecular complexity index is 447. The van der Waals surface area contributed by atoms with Gasteiger partial charge in [0.2, 0.25) is 0 Å². The average Bonchev–Trinajstić information content (AvgIpc) is 2.29. The Morgan fingerprint density at radius 3 is 3.07 bits per heavy atom. The number of hydrogen-bond acceptors (Lipinski definition) is 4. The van der Waals surface area contributed by atoms with Crippen LogP contribution in [0.2, 0.25) is 0 Å². The third-order valence-electron chi connectivity index (χ3n) is 1.99. The smallest absolute Gasteiger partial charge is 0.316 e. The van der Waals surface area contributed by atoms with Crippen LogP contribution in [0, 0.1) is 0 Å². The predicted molar refractivity (Wildman–Crippen MR) is 63.4 cm³/mol. The molecule has 4 heteroatoms. The lowest BCUT2D eigenvalue weighted by Crippen LogP contribution is -2.02. The Kier molecular flexibility index (Phi) is 3.40. The second-order valence-corrected chi connectivity index (χ2v) is 4.04. The van der Waals surface area contributed by atoms with E-state index in [0.717, 1.165) is 16.7 Å². The molecule has 0 unspecified atom stereocenters. The highest BCUT2D eigenvalue weighted by atomic mass is 32.2. The van der Waals surface area contributed by atoms with Gasteiger partial charge in [-0.25, -0.2) is 4.98 Å². The summed E-state index contributed by atoms with van der Waals surface area (Å²) >= 11 is 1.74. The highest BCUT2D eigenvalue weighted by Crippen LogP contribution is 2.12. The van der Waals surface area contributed by atoms with Crippen molar-refractivity contribution >= 4 is 22.7 Å². The molecule has 0 aliphatic carbocycles. The van der Waals surface area contributed by atoms with Gasteiger partial charge in [-0.15, -0.1) is 0 Å². The monoisotopic (exact) mass is 220 g/mol. The Hall–Kier alpha value is -1.29. The zero-order chi connectivity index (χ0) is 10.5. The van der Waals surface area contributed by atoms with Gasteiger partial charge in [-0.1, -0.05) is 18.2 Å². The van der Waals surface area contributed by atoms with E-state index in [1.165, 1.54) is 0 Å². The molecule has 1 aromatic heterocycles. The van der Waals surface area contributed by atoms with Crippen LogP contribution in [0.25, 0.3) is 10.9 Å². The maximum Gasteiger partial charge on any atom is 0.316 e. The predicted octanol–water partition coefficient (Wildman–Crippen LogP) is 2.37. The molecule has 0 saturated heterocycles. The molecule has 0 bridgehead atoms. The molecule has 15 heavy (non-hydrogen) atoms. The van der Waals surface area contributed by atoms with Gasteiger partial charge < -0.3 is 4.74 Å². The highest BCUT2D eigenvalue weighted by molar-refractivity contribution is 7.98. The number of fused-ring (bicyclic) bond motifs is 1. The van der Waals surface area contributed by atoms with Gasteiger partial charge in [0.1, 0.15) is 6.61 Å². The van der Waals surface area contributed by atoms with E-state index in [-0.39, 0.29) is 0 Å². The Morgan fingerprint density at radius 2 is 2.20 bits per heavy atom. The lowest BCUT2D eigenvalue weighted by Gasteiger charge is -2.03. The maximum absolute atomic E-state index is 5.41. The summed E-state index contributed by atoms with van der Waals surface area (Å²) in [7, 11) is 0. The summed E-state index contributed by atoms with van der Waals surface area (Å²) < 4.78 is 5.41. The van der Waals surface area contributed by atoms with Crippen molar-refractivity contribution < 1.29 is 4.74 Å². The maximum atomic E-state index is 5.41. The first kappa shape index (κ1) is 10.2. The molecule has 2 aromatic rings. The van der Waals surface area contributed by atoms with Gasteiger partial charge in [0.25, 0.3) is 0 Å². The summed E-state index contributed by atoms with van der Waals surface area (Å²) in [6.45, 7) is 0.652. The molecular formula is C11H12N2OS. The fourth-order valence-electron chi connectivity index (χ4n) is 1.24. The van der Waals surface area contributed by atoms with Gasteiger partial charge >= 0.3 is 6.01 Å². The molecule has 0 amide bonds. The van der Waals surface area contributed by atoms with Crippen LogP contribution in [0.3, 0.4) is 0 Å². The molecule has 0 aliphatic rings. The molecule has 0 atom stereocenters. The number of benzene rings is 1. The summed E-state index contributed by atoms with van der Waals surface area (Å²) in [5.74, 6) is 0.955. The average molecular weight is 220 g/mol. The SMILES string of the molecule is CSCCOc1ncc2ccccc2n1. The normalized spacial score (nSPS) is 10.5. The minimum atomic E-state index is 0.461. The first-order valence-corrected chi connectivity index (χ1v) is 6.13. The number of rotatable bonds is 4. The minimum Gasteiger partial charge on any atom is -0.463 e. The van der Waals surface area contributed by atoms with Crippen molar-refractivity contribution in [2.45, 2.75) is 0 Å². The summed E-state index contributed by atoms with van der Waals surface area (Å²) in [5, 5.41) is 1.04. The topological polar surface area (TPSA) is 35.0 Å². The van der Waals surface area contributed by atoms with E-state index in [2.05, 4.69) is 9.97 Å². The van der Waals surface area contributed by atoms with Gasteiger partial charge in [-0.3, -0.25) is 0 Å². The van der Waals surface area contributed by atoms with Crippen molar-refractivity contribution in [2.24, 2.45) is 0 Å². The van der Waals surface area contributed by atoms with Crippen LogP contribution in [-0.4, -0.2) is 28.6 Å². The molecule has 0 spiro atoms. The van der Waals surface area contributed by atoms with Crippen LogP contribution < -0.4 is 4.74 Å². The Morgan fingerprint density at radius 1 is 1.33 bits per heavy atom. The second-order valence-electron chi connectivity index (χ2n) is 3.05. The summed E-state index contributed by atoms with van der Waals surface area (Å²) in [4.78, 5) is 8.44. The van der Waals surface area contributed by atoms with E-state index < -0.39 is 0 Å². The quantitative estimate of drug-likeness (QED) is 0.741.